The molecule has 0 bridgehead atoms. The van der Waals surface area contributed by atoms with Gasteiger partial charge in [0.05, 0.1) is 13.2 Å². The maximum absolute atomic E-state index is 11.3. The quantitative estimate of drug-likeness (QED) is 0.854. The van der Waals surface area contributed by atoms with Crippen LogP contribution in [0.4, 0.5) is 5.69 Å². The Balaban J connectivity index is 2.27. The molecule has 1 saturated heterocycles. The molecule has 17 heavy (non-hydrogen) atoms. The molecule has 1 aliphatic heterocycles. The highest BCUT2D eigenvalue weighted by Crippen LogP contribution is 2.21. The monoisotopic (exact) mass is 234 g/mol. The summed E-state index contributed by atoms with van der Waals surface area (Å²) in [7, 11) is 0. The fourth-order valence-corrected chi connectivity index (χ4v) is 2.13. The summed E-state index contributed by atoms with van der Waals surface area (Å²) in [5.74, 6) is -0.352. The van der Waals surface area contributed by atoms with E-state index in [1.807, 2.05) is 19.1 Å². The van der Waals surface area contributed by atoms with E-state index in [4.69, 9.17) is 10.5 Å². The highest BCUT2D eigenvalue weighted by Gasteiger charge is 2.14. The van der Waals surface area contributed by atoms with E-state index in [1.165, 1.54) is 0 Å². The van der Waals surface area contributed by atoms with Gasteiger partial charge >= 0.3 is 0 Å². The molecular formula is C13H18N2O2. The molecule has 2 rings (SSSR count). The van der Waals surface area contributed by atoms with Crippen LogP contribution in [0.1, 0.15) is 22.8 Å². The fourth-order valence-electron chi connectivity index (χ4n) is 2.13. The van der Waals surface area contributed by atoms with E-state index in [9.17, 15) is 4.79 Å². The second kappa shape index (κ2) is 5.19. The molecule has 0 unspecified atom stereocenters. The summed E-state index contributed by atoms with van der Waals surface area (Å²) in [4.78, 5) is 13.5. The number of carbonyl (C=O) groups is 1. The molecular weight excluding hydrogens is 216 g/mol. The summed E-state index contributed by atoms with van der Waals surface area (Å²) in [6, 6.07) is 5.85. The number of hydrogen-bond acceptors (Lipinski definition) is 3. The average Bonchev–Trinajstić information content (AvgIpc) is 2.39. The topological polar surface area (TPSA) is 55.6 Å². The first-order valence-corrected chi connectivity index (χ1v) is 5.97. The molecule has 1 fully saturated rings. The number of hydrogen-bond donors (Lipinski definition) is 1. The number of anilines is 1. The van der Waals surface area contributed by atoms with Gasteiger partial charge in [0, 0.05) is 24.3 Å². The molecule has 0 atom stereocenters. The Labute approximate surface area is 101 Å². The van der Waals surface area contributed by atoms with Crippen LogP contribution in [0.2, 0.25) is 0 Å². The number of aryl methyl sites for hydroxylation is 1. The van der Waals surface area contributed by atoms with E-state index in [1.54, 1.807) is 0 Å². The molecule has 4 heteroatoms. The van der Waals surface area contributed by atoms with Gasteiger partial charge in [-0.25, -0.2) is 0 Å². The van der Waals surface area contributed by atoms with Crippen molar-refractivity contribution in [2.45, 2.75) is 13.3 Å². The van der Waals surface area contributed by atoms with Gasteiger partial charge < -0.3 is 15.4 Å². The Bertz CT molecular complexity index is 412. The van der Waals surface area contributed by atoms with Gasteiger partial charge in [0.2, 0.25) is 5.91 Å². The van der Waals surface area contributed by atoms with Crippen LogP contribution >= 0.6 is 0 Å². The van der Waals surface area contributed by atoms with Crippen LogP contribution in [-0.4, -0.2) is 32.2 Å². The van der Waals surface area contributed by atoms with Crippen molar-refractivity contribution in [2.75, 3.05) is 31.2 Å². The first-order chi connectivity index (χ1) is 8.22. The van der Waals surface area contributed by atoms with E-state index in [-0.39, 0.29) is 5.91 Å². The van der Waals surface area contributed by atoms with E-state index < -0.39 is 0 Å². The predicted octanol–water partition coefficient (Wildman–Crippen LogP) is 1.18. The van der Waals surface area contributed by atoms with Crippen molar-refractivity contribution in [1.82, 2.24) is 0 Å². The van der Waals surface area contributed by atoms with Crippen LogP contribution in [0, 0.1) is 0 Å². The van der Waals surface area contributed by atoms with Crippen LogP contribution in [0.15, 0.2) is 18.2 Å². The fraction of sp³-hybridized carbons (Fsp3) is 0.462. The van der Waals surface area contributed by atoms with E-state index in [2.05, 4.69) is 11.0 Å². The molecule has 0 saturated carbocycles. The zero-order valence-corrected chi connectivity index (χ0v) is 10.1. The summed E-state index contributed by atoms with van der Waals surface area (Å²) in [5.41, 5.74) is 8.14. The summed E-state index contributed by atoms with van der Waals surface area (Å²) >= 11 is 0. The van der Waals surface area contributed by atoms with Gasteiger partial charge in [0.1, 0.15) is 0 Å². The number of carbonyl (C=O) groups excluding carboxylic acids is 1. The molecule has 92 valence electrons. The van der Waals surface area contributed by atoms with Crippen molar-refractivity contribution in [3.63, 3.8) is 0 Å². The number of nitrogens with zero attached hydrogens (tertiary/aromatic N) is 1. The maximum Gasteiger partial charge on any atom is 0.248 e. The van der Waals surface area contributed by atoms with Crippen molar-refractivity contribution in [1.29, 1.82) is 0 Å². The first kappa shape index (κ1) is 11.9. The smallest absolute Gasteiger partial charge is 0.248 e. The Morgan fingerprint density at radius 3 is 2.71 bits per heavy atom. The predicted molar refractivity (Wildman–Crippen MR) is 67.4 cm³/mol. The molecule has 1 heterocycles. The van der Waals surface area contributed by atoms with Crippen LogP contribution in [0.5, 0.6) is 0 Å². The minimum atomic E-state index is -0.352. The zero-order valence-electron chi connectivity index (χ0n) is 10.1. The molecule has 1 aliphatic rings. The van der Waals surface area contributed by atoms with Crippen molar-refractivity contribution in [3.8, 4) is 0 Å². The van der Waals surface area contributed by atoms with Crippen LogP contribution in [0.3, 0.4) is 0 Å². The van der Waals surface area contributed by atoms with Gasteiger partial charge in [-0.2, -0.15) is 0 Å². The number of morpholine rings is 1. The molecule has 2 N–H and O–H groups in total. The Morgan fingerprint density at radius 1 is 1.41 bits per heavy atom. The lowest BCUT2D eigenvalue weighted by molar-refractivity contribution is 0.0999. The van der Waals surface area contributed by atoms with Crippen molar-refractivity contribution < 1.29 is 9.53 Å². The van der Waals surface area contributed by atoms with E-state index in [0.717, 1.165) is 44.0 Å². The molecule has 0 aromatic heterocycles. The van der Waals surface area contributed by atoms with E-state index in [0.29, 0.717) is 5.56 Å². The minimum Gasteiger partial charge on any atom is -0.378 e. The molecule has 0 aliphatic carbocycles. The number of rotatable bonds is 3. The van der Waals surface area contributed by atoms with Gasteiger partial charge in [0.25, 0.3) is 0 Å². The van der Waals surface area contributed by atoms with Gasteiger partial charge in [-0.15, -0.1) is 0 Å². The lowest BCUT2D eigenvalue weighted by Gasteiger charge is -2.29. The second-order valence-electron chi connectivity index (χ2n) is 4.16. The van der Waals surface area contributed by atoms with Crippen molar-refractivity contribution in [2.24, 2.45) is 5.73 Å². The third kappa shape index (κ3) is 2.58. The highest BCUT2D eigenvalue weighted by atomic mass is 16.5. The van der Waals surface area contributed by atoms with Gasteiger partial charge in [0.15, 0.2) is 0 Å². The number of benzene rings is 1. The van der Waals surface area contributed by atoms with Gasteiger partial charge in [-0.1, -0.05) is 6.92 Å². The van der Waals surface area contributed by atoms with Crippen LogP contribution in [-0.2, 0) is 11.2 Å². The standard InChI is InChI=1S/C13H18N2O2/c1-2-10-9-11(3-4-12(10)13(14)16)15-5-7-17-8-6-15/h3-4,9H,2,5-8H2,1H3,(H2,14,16). The molecule has 1 aromatic carbocycles. The Kier molecular flexibility index (Phi) is 3.64. The minimum absolute atomic E-state index is 0.352. The summed E-state index contributed by atoms with van der Waals surface area (Å²) < 4.78 is 5.32. The summed E-state index contributed by atoms with van der Waals surface area (Å²) in [6.07, 6.45) is 0.816. The number of ether oxygens (including phenoxy) is 1. The maximum atomic E-state index is 11.3. The SMILES string of the molecule is CCc1cc(N2CCOCC2)ccc1C(N)=O. The average molecular weight is 234 g/mol. The van der Waals surface area contributed by atoms with Gasteiger partial charge in [-0.05, 0) is 30.2 Å². The first-order valence-electron chi connectivity index (χ1n) is 5.97. The van der Waals surface area contributed by atoms with Gasteiger partial charge in [-0.3, -0.25) is 4.79 Å². The van der Waals surface area contributed by atoms with Crippen molar-refractivity contribution >= 4 is 11.6 Å². The summed E-state index contributed by atoms with van der Waals surface area (Å²) in [5, 5.41) is 0. The number of nitrogens with two attached hydrogens (primary N) is 1. The molecule has 4 nitrogen and oxygen atoms in total. The van der Waals surface area contributed by atoms with Crippen molar-refractivity contribution in [3.05, 3.63) is 29.3 Å². The number of primary amides is 1. The third-order valence-electron chi connectivity index (χ3n) is 3.11. The van der Waals surface area contributed by atoms with Crippen LogP contribution < -0.4 is 10.6 Å². The lowest BCUT2D eigenvalue weighted by atomic mass is 10.0. The Morgan fingerprint density at radius 2 is 2.12 bits per heavy atom. The normalized spacial score (nSPS) is 15.9. The largest absolute Gasteiger partial charge is 0.378 e. The van der Waals surface area contributed by atoms with Crippen LogP contribution in [0.25, 0.3) is 0 Å². The summed E-state index contributed by atoms with van der Waals surface area (Å²) in [6.45, 7) is 5.36. The second-order valence-corrected chi connectivity index (χ2v) is 4.16. The molecule has 0 radical (unpaired) electrons. The lowest BCUT2D eigenvalue weighted by Crippen LogP contribution is -2.36. The molecule has 1 amide bonds. The third-order valence-corrected chi connectivity index (χ3v) is 3.11. The highest BCUT2D eigenvalue weighted by molar-refractivity contribution is 5.94. The molecule has 0 spiro atoms. The van der Waals surface area contributed by atoms with E-state index >= 15 is 0 Å². The number of amides is 1. The Hall–Kier alpha value is -1.55. The zero-order chi connectivity index (χ0) is 12.3. The molecule has 1 aromatic rings.